The molecule has 0 fully saturated rings. The third-order valence-electron chi connectivity index (χ3n) is 2.56. The van der Waals surface area contributed by atoms with Gasteiger partial charge in [-0.1, -0.05) is 15.9 Å². The molecule has 0 aliphatic rings. The van der Waals surface area contributed by atoms with E-state index in [9.17, 15) is 9.59 Å². The molecule has 6 heteroatoms. The predicted molar refractivity (Wildman–Crippen MR) is 73.1 cm³/mol. The van der Waals surface area contributed by atoms with Crippen molar-refractivity contribution in [2.24, 2.45) is 0 Å². The zero-order valence-corrected chi connectivity index (χ0v) is 11.6. The molecule has 0 radical (unpaired) electrons. The maximum atomic E-state index is 11.8. The van der Waals surface area contributed by atoms with Crippen LogP contribution in [0.1, 0.15) is 23.4 Å². The number of carbonyl (C=O) groups excluding carboxylic acids is 1. The van der Waals surface area contributed by atoms with E-state index in [-0.39, 0.29) is 18.1 Å². The molecule has 0 saturated carbocycles. The minimum atomic E-state index is -0.872. The van der Waals surface area contributed by atoms with Gasteiger partial charge in [0.25, 0.3) is 5.91 Å². The Hall–Kier alpha value is -1.82. The largest absolute Gasteiger partial charge is 0.481 e. The van der Waals surface area contributed by atoms with Crippen LogP contribution >= 0.6 is 15.9 Å². The third-order valence-corrected chi connectivity index (χ3v) is 3.05. The van der Waals surface area contributed by atoms with Gasteiger partial charge in [-0.2, -0.15) is 0 Å². The van der Waals surface area contributed by atoms with E-state index in [1.54, 1.807) is 12.1 Å². The van der Waals surface area contributed by atoms with Crippen LogP contribution in [0.2, 0.25) is 0 Å². The lowest BCUT2D eigenvalue weighted by Crippen LogP contribution is -2.24. The summed E-state index contributed by atoms with van der Waals surface area (Å²) >= 11 is 3.35. The van der Waals surface area contributed by atoms with Crippen molar-refractivity contribution in [1.82, 2.24) is 5.32 Å². The fourth-order valence-electron chi connectivity index (χ4n) is 1.65. The number of amides is 1. The number of furan rings is 1. The molecular weight excluding hydrogens is 314 g/mol. The molecule has 1 amide bonds. The zero-order chi connectivity index (χ0) is 13.8. The van der Waals surface area contributed by atoms with Crippen LogP contribution in [0.25, 0.3) is 11.0 Å². The van der Waals surface area contributed by atoms with E-state index in [0.717, 1.165) is 9.86 Å². The molecule has 2 N–H and O–H groups in total. The van der Waals surface area contributed by atoms with E-state index in [4.69, 9.17) is 9.52 Å². The molecule has 0 unspecified atom stereocenters. The average molecular weight is 326 g/mol. The molecule has 5 nitrogen and oxygen atoms in total. The van der Waals surface area contributed by atoms with Crippen LogP contribution in [-0.2, 0) is 4.79 Å². The fraction of sp³-hybridized carbons (Fsp3) is 0.231. The van der Waals surface area contributed by atoms with Crippen molar-refractivity contribution in [3.05, 3.63) is 34.5 Å². The number of aliphatic carboxylic acids is 1. The summed E-state index contributed by atoms with van der Waals surface area (Å²) in [6.07, 6.45) is 0.431. The maximum absolute atomic E-state index is 11.8. The lowest BCUT2D eigenvalue weighted by Gasteiger charge is -2.00. The summed E-state index contributed by atoms with van der Waals surface area (Å²) in [5, 5.41) is 11.9. The number of nitrogens with one attached hydrogen (secondary N) is 1. The summed E-state index contributed by atoms with van der Waals surface area (Å²) in [5.41, 5.74) is 0.638. The van der Waals surface area contributed by atoms with E-state index in [0.29, 0.717) is 18.5 Å². The topological polar surface area (TPSA) is 79.5 Å². The smallest absolute Gasteiger partial charge is 0.303 e. The van der Waals surface area contributed by atoms with Gasteiger partial charge in [0.2, 0.25) is 0 Å². The minimum absolute atomic E-state index is 0.0351. The SMILES string of the molecule is O=C(O)CCCNC(=O)c1cc2cc(Br)ccc2o1. The first-order valence-corrected chi connectivity index (χ1v) is 6.54. The molecule has 0 aliphatic carbocycles. The van der Waals surface area contributed by atoms with Crippen molar-refractivity contribution < 1.29 is 19.1 Å². The highest BCUT2D eigenvalue weighted by molar-refractivity contribution is 9.10. The third kappa shape index (κ3) is 3.57. The first kappa shape index (κ1) is 13.6. The Morgan fingerprint density at radius 2 is 2.11 bits per heavy atom. The van der Waals surface area contributed by atoms with E-state index in [1.165, 1.54) is 0 Å². The molecule has 2 aromatic rings. The van der Waals surface area contributed by atoms with Gasteiger partial charge in [0.1, 0.15) is 5.58 Å². The number of fused-ring (bicyclic) bond motifs is 1. The second-order valence-corrected chi connectivity index (χ2v) is 4.96. The number of carboxylic acids is 1. The maximum Gasteiger partial charge on any atom is 0.303 e. The number of carbonyl (C=O) groups is 2. The van der Waals surface area contributed by atoms with Crippen molar-refractivity contribution in [3.8, 4) is 0 Å². The van der Waals surface area contributed by atoms with E-state index >= 15 is 0 Å². The molecule has 0 atom stereocenters. The second-order valence-electron chi connectivity index (χ2n) is 4.05. The van der Waals surface area contributed by atoms with Gasteiger partial charge in [0.05, 0.1) is 0 Å². The molecule has 1 heterocycles. The van der Waals surface area contributed by atoms with Gasteiger partial charge in [0.15, 0.2) is 5.76 Å². The monoisotopic (exact) mass is 325 g/mol. The first-order chi connectivity index (χ1) is 9.06. The molecule has 1 aromatic carbocycles. The first-order valence-electron chi connectivity index (χ1n) is 5.75. The van der Waals surface area contributed by atoms with Crippen molar-refractivity contribution in [1.29, 1.82) is 0 Å². The number of halogens is 1. The van der Waals surface area contributed by atoms with Crippen molar-refractivity contribution in [2.45, 2.75) is 12.8 Å². The lowest BCUT2D eigenvalue weighted by molar-refractivity contribution is -0.137. The van der Waals surface area contributed by atoms with Gasteiger partial charge in [-0.15, -0.1) is 0 Å². The number of hydrogen-bond acceptors (Lipinski definition) is 3. The minimum Gasteiger partial charge on any atom is -0.481 e. The average Bonchev–Trinajstić information content (AvgIpc) is 2.77. The highest BCUT2D eigenvalue weighted by atomic mass is 79.9. The van der Waals surface area contributed by atoms with E-state index in [2.05, 4.69) is 21.2 Å². The van der Waals surface area contributed by atoms with Crippen LogP contribution in [0, 0.1) is 0 Å². The van der Waals surface area contributed by atoms with Crippen LogP contribution < -0.4 is 5.32 Å². The molecule has 100 valence electrons. The summed E-state index contributed by atoms with van der Waals surface area (Å²) in [4.78, 5) is 22.1. The zero-order valence-electron chi connectivity index (χ0n) is 9.98. The Labute approximate surface area is 117 Å². The molecule has 2 rings (SSSR count). The van der Waals surface area contributed by atoms with Gasteiger partial charge < -0.3 is 14.8 Å². The summed E-state index contributed by atoms with van der Waals surface area (Å²) in [5.74, 6) is -0.982. The molecule has 1 aromatic heterocycles. The number of rotatable bonds is 5. The van der Waals surface area contributed by atoms with Gasteiger partial charge in [-0.25, -0.2) is 0 Å². The molecule has 0 bridgehead atoms. The predicted octanol–water partition coefficient (Wildman–Crippen LogP) is 2.79. The van der Waals surface area contributed by atoms with Crippen molar-refractivity contribution in [2.75, 3.05) is 6.54 Å². The van der Waals surface area contributed by atoms with Gasteiger partial charge in [0, 0.05) is 22.8 Å². The molecule has 0 saturated heterocycles. The van der Waals surface area contributed by atoms with E-state index in [1.807, 2.05) is 12.1 Å². The van der Waals surface area contributed by atoms with Crippen molar-refractivity contribution >= 4 is 38.8 Å². The number of benzene rings is 1. The number of carboxylic acid groups (broad SMARTS) is 1. The highest BCUT2D eigenvalue weighted by Gasteiger charge is 2.11. The Morgan fingerprint density at radius 1 is 1.32 bits per heavy atom. The van der Waals surface area contributed by atoms with Crippen LogP contribution in [0.5, 0.6) is 0 Å². The Kier molecular flexibility index (Phi) is 4.21. The summed E-state index contributed by atoms with van der Waals surface area (Å²) in [7, 11) is 0. The van der Waals surface area contributed by atoms with Crippen LogP contribution in [0.4, 0.5) is 0 Å². The molecular formula is C13H12BrNO4. The van der Waals surface area contributed by atoms with Crippen molar-refractivity contribution in [3.63, 3.8) is 0 Å². The van der Waals surface area contributed by atoms with Crippen LogP contribution in [-0.4, -0.2) is 23.5 Å². The fourth-order valence-corrected chi connectivity index (χ4v) is 2.03. The standard InChI is InChI=1S/C13H12BrNO4/c14-9-3-4-10-8(6-9)7-11(19-10)13(18)15-5-1-2-12(16)17/h3-4,6-7H,1-2,5H2,(H,15,18)(H,16,17). The number of hydrogen-bond donors (Lipinski definition) is 2. The molecule has 0 spiro atoms. The van der Waals surface area contributed by atoms with Gasteiger partial charge in [-0.3, -0.25) is 9.59 Å². The van der Waals surface area contributed by atoms with Gasteiger partial charge >= 0.3 is 5.97 Å². The highest BCUT2D eigenvalue weighted by Crippen LogP contribution is 2.23. The van der Waals surface area contributed by atoms with E-state index < -0.39 is 5.97 Å². The summed E-state index contributed by atoms with van der Waals surface area (Å²) in [6.45, 7) is 0.311. The Morgan fingerprint density at radius 3 is 2.84 bits per heavy atom. The lowest BCUT2D eigenvalue weighted by atomic mass is 10.2. The normalized spacial score (nSPS) is 10.6. The Balaban J connectivity index is 1.99. The summed E-state index contributed by atoms with van der Waals surface area (Å²) in [6, 6.07) is 7.13. The second kappa shape index (κ2) is 5.88. The Bertz CT molecular complexity index is 620. The summed E-state index contributed by atoms with van der Waals surface area (Å²) < 4.78 is 6.33. The van der Waals surface area contributed by atoms with Crippen LogP contribution in [0.3, 0.4) is 0 Å². The van der Waals surface area contributed by atoms with Gasteiger partial charge in [-0.05, 0) is 30.7 Å². The molecule has 0 aliphatic heterocycles. The van der Waals surface area contributed by atoms with Crippen LogP contribution in [0.15, 0.2) is 33.2 Å². The quantitative estimate of drug-likeness (QED) is 0.828. The molecule has 19 heavy (non-hydrogen) atoms.